The van der Waals surface area contributed by atoms with Crippen LogP contribution in [0.2, 0.25) is 5.02 Å². The molecule has 0 radical (unpaired) electrons. The summed E-state index contributed by atoms with van der Waals surface area (Å²) in [6.45, 7) is 19.9. The van der Waals surface area contributed by atoms with Crippen molar-refractivity contribution in [2.24, 2.45) is 0 Å². The Morgan fingerprint density at radius 3 is 0.956 bits per heavy atom. The molecule has 680 valence electrons. The summed E-state index contributed by atoms with van der Waals surface area (Å²) in [5, 5.41) is 16.9. The SMILES string of the molecule is COc1ccc(Nc2cc(C)cc(-n3c(C)nc4ccccc43)n2)cc1.COc1ccc(Nc2cc(N)cc(-n3c(C)nc4cc(F)c(F)cc43)n2)cc1.Cc1ccc(Nc2cc(N)cc(-n3c(C)nc4cc(F)c(F)cc43)n2)cc1.Cc1nc2cc(F)c(F)cc2n1-c1cc(N)cc(Nc2ccc(Cl)cc2)n1.Cc1nc2ccccc2n1-c1cncc(Nc2ccc(C(C)(C)C)cc2)n1. The summed E-state index contributed by atoms with van der Waals surface area (Å²) in [5.74, 6) is 5.31. The molecule has 0 saturated carbocycles. The predicted octanol–water partition coefficient (Wildman–Crippen LogP) is 23.9. The van der Waals surface area contributed by atoms with E-state index in [0.717, 1.165) is 139 Å². The number of para-hydroxylation sites is 4. The number of nitrogens with two attached hydrogens (primary N) is 3. The molecule has 0 fully saturated rings. The Kier molecular flexibility index (Phi) is 26.4. The van der Waals surface area contributed by atoms with Crippen molar-refractivity contribution < 1.29 is 35.8 Å². The van der Waals surface area contributed by atoms with E-state index in [9.17, 15) is 26.3 Å². The molecule has 0 atom stereocenters. The number of nitrogen functional groups attached to an aromatic ring is 3. The van der Waals surface area contributed by atoms with E-state index in [1.54, 1.807) is 110 Å². The number of ether oxygens (including phenoxy) is 2. The van der Waals surface area contributed by atoms with E-state index >= 15 is 0 Å². The average Bonchev–Trinajstić information content (AvgIpc) is 1.62. The second-order valence-electron chi connectivity index (χ2n) is 32.6. The highest BCUT2D eigenvalue weighted by Crippen LogP contribution is 2.35. The molecule has 0 spiro atoms. The molecule has 20 aromatic rings. The zero-order chi connectivity index (χ0) is 95.2. The number of aromatic nitrogens is 16. The Balaban J connectivity index is 0.000000123. The Morgan fingerprint density at radius 2 is 0.585 bits per heavy atom. The minimum Gasteiger partial charge on any atom is -0.497 e. The highest BCUT2D eigenvalue weighted by atomic mass is 35.5. The number of fused-ring (bicyclic) bond motifs is 5. The molecule has 10 heterocycles. The maximum Gasteiger partial charge on any atom is 0.161 e. The van der Waals surface area contributed by atoms with Crippen LogP contribution in [0.5, 0.6) is 11.5 Å². The lowest BCUT2D eigenvalue weighted by molar-refractivity contribution is 0.415. The number of pyridine rings is 4. The van der Waals surface area contributed by atoms with Gasteiger partial charge >= 0.3 is 0 Å². The number of benzene rings is 10. The Hall–Kier alpha value is -16.9. The van der Waals surface area contributed by atoms with Crippen LogP contribution in [-0.4, -0.2) is 91.9 Å². The topological polar surface area (TPSA) is 323 Å². The second-order valence-corrected chi connectivity index (χ2v) is 33.0. The van der Waals surface area contributed by atoms with E-state index in [1.165, 1.54) is 5.56 Å². The summed E-state index contributed by atoms with van der Waals surface area (Å²) in [6.07, 6.45) is 3.49. The van der Waals surface area contributed by atoms with Crippen LogP contribution < -0.4 is 53.3 Å². The molecule has 0 unspecified atom stereocenters. The second kappa shape index (κ2) is 39.0. The summed E-state index contributed by atoms with van der Waals surface area (Å²) in [5.41, 5.74) is 33.9. The van der Waals surface area contributed by atoms with Gasteiger partial charge in [-0.1, -0.05) is 86.5 Å². The third-order valence-electron chi connectivity index (χ3n) is 21.5. The van der Waals surface area contributed by atoms with Crippen LogP contribution in [0.3, 0.4) is 0 Å². The first-order chi connectivity index (χ1) is 64.8. The minimum atomic E-state index is -0.952. The normalized spacial score (nSPS) is 11.2. The van der Waals surface area contributed by atoms with E-state index in [0.29, 0.717) is 113 Å². The van der Waals surface area contributed by atoms with Crippen molar-refractivity contribution >= 4 is 141 Å². The summed E-state index contributed by atoms with van der Waals surface area (Å²) < 4.78 is 101. The number of rotatable bonds is 17. The van der Waals surface area contributed by atoms with Gasteiger partial charge in [-0.2, -0.15) is 0 Å². The molecule has 0 aliphatic rings. The number of aryl methyl sites for hydroxylation is 7. The molecule has 11 N–H and O–H groups in total. The number of nitrogens with one attached hydrogen (secondary N) is 5. The fourth-order valence-corrected chi connectivity index (χ4v) is 15.3. The van der Waals surface area contributed by atoms with Gasteiger partial charge in [0.05, 0.1) is 81.8 Å². The summed E-state index contributed by atoms with van der Waals surface area (Å²) >= 11 is 5.90. The molecule has 0 bridgehead atoms. The number of anilines is 13. The summed E-state index contributed by atoms with van der Waals surface area (Å²) in [7, 11) is 3.26. The van der Waals surface area contributed by atoms with Crippen molar-refractivity contribution in [3.8, 4) is 40.6 Å². The molecule has 0 aliphatic heterocycles. The van der Waals surface area contributed by atoms with Gasteiger partial charge in [-0.25, -0.2) is 76.2 Å². The van der Waals surface area contributed by atoms with Gasteiger partial charge in [-0.3, -0.25) is 27.8 Å². The van der Waals surface area contributed by atoms with Crippen molar-refractivity contribution in [3.63, 3.8) is 0 Å². The standard InChI is InChI=1S/C22H23N5.C21H20N4O.C20H17F2N5O.C20H17F2N5.C19H14ClF2N5/c1-15-24-18-7-5-6-8-19(18)27(15)21-14-23-13-20(26-21)25-17-11-9-16(10-12-17)22(2,3)4;1-14-12-20(23-16-8-10-17(26-3)11-9-16)24-21(13-14)25-15(2)22-18-6-4-5-7-19(18)25;1-11-24-17-9-15(21)16(22)10-18(17)27(11)20-8-12(23)7-19(26-20)25-13-3-5-14(28-2)6-4-13;1-11-3-5-14(6-4-11)25-19-7-13(23)8-20(26-19)27-12(2)24-17-9-15(21)16(22)10-18(17)27;1-10-24-16-8-14(21)15(22)9-17(16)27(10)19-7-12(23)6-18(26-19)25-13-4-2-11(20)3-5-13/h5-14H,1-4H3,(H,25,26);4-13H,1-3H3,(H,23,24);3-10H,1-2H3,(H3,23,25,26);3-10H,1-2H3,(H3,23,25,26);2-9H,1H3,(H3,23,25,26). The van der Waals surface area contributed by atoms with Crippen molar-refractivity contribution in [2.45, 2.75) is 74.7 Å². The molecule has 20 rings (SSSR count). The fraction of sp³-hybridized carbons (Fsp3) is 0.127. The molecule has 33 heteroatoms. The number of halogens is 7. The van der Waals surface area contributed by atoms with Crippen LogP contribution in [0.1, 0.15) is 66.6 Å². The van der Waals surface area contributed by atoms with Crippen LogP contribution in [0.25, 0.3) is 84.3 Å². The fourth-order valence-electron chi connectivity index (χ4n) is 15.1. The van der Waals surface area contributed by atoms with Gasteiger partial charge in [0.15, 0.2) is 46.5 Å². The predicted molar refractivity (Wildman–Crippen MR) is 524 cm³/mol. The van der Waals surface area contributed by atoms with E-state index in [4.69, 9.17) is 48.2 Å². The molecule has 10 aromatic carbocycles. The number of imidazole rings is 5. The van der Waals surface area contributed by atoms with Gasteiger partial charge in [-0.15, -0.1) is 0 Å². The van der Waals surface area contributed by atoms with Crippen LogP contribution in [0, 0.1) is 83.4 Å². The third kappa shape index (κ3) is 21.1. The Labute approximate surface area is 776 Å². The quantitative estimate of drug-likeness (QED) is 0.0393. The van der Waals surface area contributed by atoms with Crippen LogP contribution in [-0.2, 0) is 5.41 Å². The van der Waals surface area contributed by atoms with Gasteiger partial charge in [-0.05, 0) is 198 Å². The maximum atomic E-state index is 13.8. The van der Waals surface area contributed by atoms with Crippen molar-refractivity contribution in [1.82, 2.24) is 77.7 Å². The lowest BCUT2D eigenvalue weighted by Crippen LogP contribution is -2.10. The summed E-state index contributed by atoms with van der Waals surface area (Å²) in [4.78, 5) is 49.7. The molecular weight excluding hydrogens is 1740 g/mol. The van der Waals surface area contributed by atoms with Gasteiger partial charge in [0.25, 0.3) is 0 Å². The van der Waals surface area contributed by atoms with E-state index < -0.39 is 34.9 Å². The minimum absolute atomic E-state index is 0.137. The van der Waals surface area contributed by atoms with Gasteiger partial charge in [0, 0.05) is 123 Å². The van der Waals surface area contributed by atoms with E-state index in [2.05, 4.69) is 140 Å². The smallest absolute Gasteiger partial charge is 0.161 e. The third-order valence-corrected chi connectivity index (χ3v) is 21.7. The lowest BCUT2D eigenvalue weighted by Gasteiger charge is -2.19. The number of methoxy groups -OCH3 is 2. The lowest BCUT2D eigenvalue weighted by atomic mass is 9.87. The Morgan fingerprint density at radius 1 is 0.289 bits per heavy atom. The zero-order valence-corrected chi connectivity index (χ0v) is 76.0. The Bertz CT molecular complexity index is 7570. The number of hydrogen-bond acceptors (Lipinski definition) is 21. The molecule has 26 nitrogen and oxygen atoms in total. The first-order valence-corrected chi connectivity index (χ1v) is 42.8. The van der Waals surface area contributed by atoms with Crippen molar-refractivity contribution in [3.05, 3.63) is 353 Å². The largest absolute Gasteiger partial charge is 0.497 e. The number of hydrogen-bond donors (Lipinski definition) is 8. The molecule has 135 heavy (non-hydrogen) atoms. The highest BCUT2D eigenvalue weighted by Gasteiger charge is 2.23. The first kappa shape index (κ1) is 91.4. The van der Waals surface area contributed by atoms with Crippen molar-refractivity contribution in [1.29, 1.82) is 0 Å². The summed E-state index contributed by atoms with van der Waals surface area (Å²) in [6, 6.07) is 75.3. The highest BCUT2D eigenvalue weighted by molar-refractivity contribution is 6.30. The van der Waals surface area contributed by atoms with Gasteiger partial charge in [0.1, 0.15) is 87.2 Å². The molecular formula is C102H91ClF6N24O2. The van der Waals surface area contributed by atoms with Crippen LogP contribution in [0.4, 0.5) is 101 Å². The number of nitrogens with zero attached hydrogens (tertiary/aromatic N) is 16. The van der Waals surface area contributed by atoms with E-state index in [1.807, 2.05) is 159 Å². The monoisotopic (exact) mass is 1830 g/mol. The van der Waals surface area contributed by atoms with E-state index in [-0.39, 0.29) is 5.41 Å². The molecule has 10 aromatic heterocycles. The molecule has 0 amide bonds. The first-order valence-electron chi connectivity index (χ1n) is 42.4. The van der Waals surface area contributed by atoms with Crippen molar-refractivity contribution in [2.75, 3.05) is 58.0 Å². The average molecular weight is 1830 g/mol. The zero-order valence-electron chi connectivity index (χ0n) is 75.3. The van der Waals surface area contributed by atoms with Gasteiger partial charge < -0.3 is 53.3 Å². The van der Waals surface area contributed by atoms with Crippen LogP contribution in [0.15, 0.2) is 267 Å². The van der Waals surface area contributed by atoms with Crippen LogP contribution >= 0.6 is 11.6 Å². The molecule has 0 saturated heterocycles. The maximum absolute atomic E-state index is 13.8. The van der Waals surface area contributed by atoms with Gasteiger partial charge in [0.2, 0.25) is 0 Å². The molecule has 0 aliphatic carbocycles.